The molecule has 0 fully saturated rings. The van der Waals surface area contributed by atoms with Gasteiger partial charge in [0, 0.05) is 53.3 Å². The molecule has 3 aromatic heterocycles. The van der Waals surface area contributed by atoms with Crippen LogP contribution in [0.1, 0.15) is 16.4 Å². The summed E-state index contributed by atoms with van der Waals surface area (Å²) in [5, 5.41) is 1.61. The molecule has 0 unspecified atom stereocenters. The topological polar surface area (TPSA) is 30.7 Å². The van der Waals surface area contributed by atoms with Gasteiger partial charge in [0.1, 0.15) is 0 Å². The van der Waals surface area contributed by atoms with Crippen molar-refractivity contribution in [1.82, 2.24) is 14.5 Å². The molecule has 10 aromatic rings. The van der Waals surface area contributed by atoms with Crippen LogP contribution in [0, 0.1) is 0 Å². The van der Waals surface area contributed by atoms with Crippen molar-refractivity contribution in [1.29, 1.82) is 0 Å². The van der Waals surface area contributed by atoms with Crippen molar-refractivity contribution in [2.24, 2.45) is 0 Å². The fraction of sp³-hybridized carbons (Fsp3) is 0. The first-order valence-corrected chi connectivity index (χ1v) is 16.7. The second kappa shape index (κ2) is 11.7. The largest absolute Gasteiger partial charge is 0.309 e. The van der Waals surface area contributed by atoms with Crippen LogP contribution in [-0.2, 0) is 0 Å². The maximum absolute atomic E-state index is 9.90. The molecular formula is C46H29N3S. The highest BCUT2D eigenvalue weighted by Crippen LogP contribution is 2.41. The molecule has 0 aliphatic carbocycles. The van der Waals surface area contributed by atoms with Crippen molar-refractivity contribution in [3.05, 3.63) is 176 Å². The van der Waals surface area contributed by atoms with Gasteiger partial charge in [0.25, 0.3) is 0 Å². The van der Waals surface area contributed by atoms with Crippen LogP contribution in [0.5, 0.6) is 0 Å². The molecule has 0 saturated carbocycles. The molecule has 0 bridgehead atoms. The van der Waals surface area contributed by atoms with Crippen molar-refractivity contribution in [3.63, 3.8) is 0 Å². The molecule has 0 spiro atoms. The van der Waals surface area contributed by atoms with Crippen LogP contribution < -0.4 is 0 Å². The van der Waals surface area contributed by atoms with E-state index in [-0.39, 0.29) is 38.9 Å². The van der Waals surface area contributed by atoms with Gasteiger partial charge in [-0.3, -0.25) is 0 Å². The van der Waals surface area contributed by atoms with E-state index in [9.17, 15) is 4.11 Å². The minimum Gasteiger partial charge on any atom is -0.309 e. The van der Waals surface area contributed by atoms with E-state index in [2.05, 4.69) is 0 Å². The van der Waals surface area contributed by atoms with Gasteiger partial charge >= 0.3 is 0 Å². The Morgan fingerprint density at radius 1 is 0.500 bits per heavy atom. The number of thiophene rings is 1. The zero-order valence-corrected chi connectivity index (χ0v) is 26.9. The molecule has 3 nitrogen and oxygen atoms in total. The maximum Gasteiger partial charge on any atom is 0.161 e. The average Bonchev–Trinajstić information content (AvgIpc) is 3.86. The van der Waals surface area contributed by atoms with E-state index in [0.29, 0.717) is 16.8 Å². The fourth-order valence-electron chi connectivity index (χ4n) is 6.45. The molecule has 7 aromatic carbocycles. The molecule has 234 valence electrons. The SMILES string of the molecule is [2H]c1c([2H])c([2H])c(-n2c3c([2H])c([2H])c([2H])c([2H])c3c3c([2H])c([2H])c(-c4cc(-c5ccc(-c6ccccc6)cc5)nc(-c5cccc6c5sc5ccccc56)n4)c([2H])c32)c([2H])c1[2H]. The molecule has 10 rings (SSSR count). The van der Waals surface area contributed by atoms with Crippen molar-refractivity contribution >= 4 is 53.3 Å². The lowest BCUT2D eigenvalue weighted by Crippen LogP contribution is -1.97. The molecule has 0 aliphatic heterocycles. The minimum absolute atomic E-state index is 0.0815. The van der Waals surface area contributed by atoms with Gasteiger partial charge in [-0.1, -0.05) is 133 Å². The number of rotatable bonds is 5. The number of fused-ring (bicyclic) bond motifs is 6. The number of hydrogen-bond acceptors (Lipinski definition) is 3. The maximum atomic E-state index is 9.90. The van der Waals surface area contributed by atoms with E-state index in [1.165, 1.54) is 0 Å². The monoisotopic (exact) mass is 667 g/mol. The van der Waals surface area contributed by atoms with Crippen LogP contribution in [-0.4, -0.2) is 14.5 Å². The summed E-state index contributed by atoms with van der Waals surface area (Å²) in [5.41, 5.74) is 2.72. The van der Waals surface area contributed by atoms with Gasteiger partial charge in [0.15, 0.2) is 5.82 Å². The van der Waals surface area contributed by atoms with Gasteiger partial charge in [-0.25, -0.2) is 9.97 Å². The van der Waals surface area contributed by atoms with Gasteiger partial charge < -0.3 is 4.57 Å². The summed E-state index contributed by atoms with van der Waals surface area (Å²) < 4.78 is 110. The van der Waals surface area contributed by atoms with E-state index >= 15 is 0 Å². The highest BCUT2D eigenvalue weighted by atomic mass is 32.1. The summed E-state index contributed by atoms with van der Waals surface area (Å²) in [7, 11) is 0. The first kappa shape index (κ1) is 19.0. The van der Waals surface area contributed by atoms with Crippen molar-refractivity contribution in [2.75, 3.05) is 0 Å². The molecule has 0 aliphatic rings. The van der Waals surface area contributed by atoms with Crippen molar-refractivity contribution < 1.29 is 16.4 Å². The Bertz CT molecular complexity index is 3520. The Hall–Kier alpha value is -6.36. The molecule has 0 amide bonds. The third-order valence-corrected chi connectivity index (χ3v) is 10.0. The lowest BCUT2D eigenvalue weighted by molar-refractivity contribution is 1.17. The van der Waals surface area contributed by atoms with Gasteiger partial charge in [-0.05, 0) is 53.5 Å². The van der Waals surface area contributed by atoms with Crippen molar-refractivity contribution in [3.8, 4) is 50.7 Å². The van der Waals surface area contributed by atoms with E-state index < -0.39 is 78.2 Å². The molecule has 0 atom stereocenters. The van der Waals surface area contributed by atoms with E-state index in [4.69, 9.17) is 22.3 Å². The summed E-state index contributed by atoms with van der Waals surface area (Å²) in [6.45, 7) is 0. The molecule has 3 heterocycles. The van der Waals surface area contributed by atoms with Crippen LogP contribution in [0.4, 0.5) is 0 Å². The molecule has 0 saturated heterocycles. The highest BCUT2D eigenvalue weighted by Gasteiger charge is 2.18. The summed E-state index contributed by atoms with van der Waals surface area (Å²) in [4.78, 5) is 10.1. The predicted molar refractivity (Wildman–Crippen MR) is 211 cm³/mol. The minimum atomic E-state index is -0.703. The first-order valence-electron chi connectivity index (χ1n) is 21.9. The lowest BCUT2D eigenvalue weighted by atomic mass is 10.0. The van der Waals surface area contributed by atoms with Crippen LogP contribution >= 0.6 is 11.3 Å². The predicted octanol–water partition coefficient (Wildman–Crippen LogP) is 12.6. The van der Waals surface area contributed by atoms with Crippen LogP contribution in [0.25, 0.3) is 92.7 Å². The number of benzene rings is 7. The number of aromatic nitrogens is 3. The average molecular weight is 668 g/mol. The van der Waals surface area contributed by atoms with Crippen LogP contribution in [0.15, 0.2) is 176 Å². The fourth-order valence-corrected chi connectivity index (χ4v) is 7.66. The first-order chi connectivity index (χ1) is 29.8. The Morgan fingerprint density at radius 2 is 1.18 bits per heavy atom. The third-order valence-electron chi connectivity index (χ3n) is 8.78. The van der Waals surface area contributed by atoms with Gasteiger partial charge in [-0.2, -0.15) is 0 Å². The third kappa shape index (κ3) is 4.73. The lowest BCUT2D eigenvalue weighted by Gasteiger charge is -2.12. The van der Waals surface area contributed by atoms with Crippen LogP contribution in [0.2, 0.25) is 0 Å². The quantitative estimate of drug-likeness (QED) is 0.183. The molecule has 0 N–H and O–H groups in total. The number of hydrogen-bond donors (Lipinski definition) is 0. The van der Waals surface area contributed by atoms with E-state index in [1.807, 2.05) is 97.1 Å². The smallest absolute Gasteiger partial charge is 0.161 e. The number of para-hydroxylation sites is 2. The molecule has 50 heavy (non-hydrogen) atoms. The summed E-state index contributed by atoms with van der Waals surface area (Å²) >= 11 is 1.58. The second-order valence-electron chi connectivity index (χ2n) is 11.7. The van der Waals surface area contributed by atoms with Gasteiger partial charge in [-0.15, -0.1) is 11.3 Å². The highest BCUT2D eigenvalue weighted by molar-refractivity contribution is 7.26. The van der Waals surface area contributed by atoms with Crippen molar-refractivity contribution in [2.45, 2.75) is 0 Å². The summed E-state index contributed by atoms with van der Waals surface area (Å²) in [6, 6.07) is 25.8. The van der Waals surface area contributed by atoms with Gasteiger partial charge in [0.2, 0.25) is 0 Å². The Balaban J connectivity index is 1.32. The molecule has 0 radical (unpaired) electrons. The second-order valence-corrected chi connectivity index (χ2v) is 12.7. The summed E-state index contributed by atoms with van der Waals surface area (Å²) in [5.74, 6) is 0.276. The van der Waals surface area contributed by atoms with E-state index in [0.717, 1.165) is 35.9 Å². The zero-order valence-electron chi connectivity index (χ0n) is 38.1. The summed E-state index contributed by atoms with van der Waals surface area (Å²) in [6.07, 6.45) is 0. The van der Waals surface area contributed by atoms with Crippen LogP contribution in [0.3, 0.4) is 0 Å². The Morgan fingerprint density at radius 3 is 2.04 bits per heavy atom. The molecular weight excluding hydrogens is 627 g/mol. The van der Waals surface area contributed by atoms with E-state index in [1.54, 1.807) is 17.4 Å². The Kier molecular flexibility index (Phi) is 4.43. The Labute approximate surface area is 310 Å². The molecule has 4 heteroatoms. The van der Waals surface area contributed by atoms with Gasteiger partial charge in [0.05, 0.1) is 38.9 Å². The standard InChI is InChI=1S/C46H29N3S/c1-3-12-30(13-4-1)31-22-24-32(25-23-31)40-29-41(48-46(47-40)39-19-11-18-38-37-17-8-10-21-44(37)50-45(38)39)33-26-27-36-35-16-7-9-20-42(35)49(43(36)28-33)34-14-5-2-6-15-34/h1-29H/i2D,5D,6D,7D,9D,14D,15D,16D,20D,26D,27D,28D. The normalized spacial score (nSPS) is 15.0. The zero-order chi connectivity index (χ0) is 43.5. The number of nitrogens with zero attached hydrogens (tertiary/aromatic N) is 3.